The Labute approximate surface area is 102 Å². The maximum Gasteiger partial charge on any atom is 0.251 e. The number of carbonyl (C=O) groups is 1. The van der Waals surface area contributed by atoms with Gasteiger partial charge < -0.3 is 5.32 Å². The van der Waals surface area contributed by atoms with Crippen molar-refractivity contribution < 1.29 is 4.79 Å². The van der Waals surface area contributed by atoms with Crippen molar-refractivity contribution in [3.05, 3.63) is 33.3 Å². The van der Waals surface area contributed by atoms with Crippen LogP contribution in [0.4, 0.5) is 0 Å². The second-order valence-corrected chi connectivity index (χ2v) is 5.30. The Hall–Kier alpha value is -0.540. The lowest BCUT2D eigenvalue weighted by atomic mass is 10.2. The first-order valence-corrected chi connectivity index (χ1v) is 6.00. The van der Waals surface area contributed by atoms with E-state index in [2.05, 4.69) is 28.2 Å². The Balaban J connectivity index is 2.11. The molecule has 0 bridgehead atoms. The minimum Gasteiger partial charge on any atom is -0.349 e. The molecular weight excluding hydrogens is 277 g/mol. The zero-order chi connectivity index (χ0) is 11.0. The van der Waals surface area contributed by atoms with E-state index in [0.717, 1.165) is 10.9 Å². The van der Waals surface area contributed by atoms with Gasteiger partial charge in [0.2, 0.25) is 0 Å². The molecule has 1 N–H and O–H groups in total. The average molecular weight is 289 g/mol. The third-order valence-electron chi connectivity index (χ3n) is 2.55. The van der Waals surface area contributed by atoms with Crippen LogP contribution in [0.2, 0.25) is 5.02 Å². The number of hydrogen-bond donors (Lipinski definition) is 1. The summed E-state index contributed by atoms with van der Waals surface area (Å²) < 4.78 is 0.823. The molecule has 1 aliphatic rings. The summed E-state index contributed by atoms with van der Waals surface area (Å²) in [6, 6.07) is 5.55. The first-order valence-electron chi connectivity index (χ1n) is 4.83. The van der Waals surface area contributed by atoms with Crippen molar-refractivity contribution in [3.63, 3.8) is 0 Å². The predicted molar refractivity (Wildman–Crippen MR) is 64.2 cm³/mol. The second-order valence-electron chi connectivity index (χ2n) is 3.95. The summed E-state index contributed by atoms with van der Waals surface area (Å²) in [5.74, 6) is 0.559. The quantitative estimate of drug-likeness (QED) is 0.889. The van der Waals surface area contributed by atoms with E-state index >= 15 is 0 Å². The number of rotatable bonds is 2. The van der Waals surface area contributed by atoms with Crippen LogP contribution >= 0.6 is 27.5 Å². The lowest BCUT2D eigenvalue weighted by Gasteiger charge is -2.04. The van der Waals surface area contributed by atoms with E-state index in [1.807, 2.05) is 0 Å². The molecule has 1 fully saturated rings. The van der Waals surface area contributed by atoms with Crippen LogP contribution in [0.5, 0.6) is 0 Å². The largest absolute Gasteiger partial charge is 0.349 e. The van der Waals surface area contributed by atoms with Crippen molar-refractivity contribution in [2.45, 2.75) is 19.4 Å². The summed E-state index contributed by atoms with van der Waals surface area (Å²) >= 11 is 9.18. The molecule has 1 aromatic carbocycles. The van der Waals surface area contributed by atoms with Gasteiger partial charge in [-0.1, -0.05) is 34.5 Å². The standard InChI is InChI=1S/C11H11BrClNO/c1-6-2-10(6)14-11(15)7-3-8(12)5-9(13)4-7/h3-6,10H,2H2,1H3,(H,14,15). The molecule has 2 atom stereocenters. The molecule has 0 aromatic heterocycles. The SMILES string of the molecule is CC1CC1NC(=O)c1cc(Cl)cc(Br)c1. The average Bonchev–Trinajstić information content (AvgIpc) is 2.79. The van der Waals surface area contributed by atoms with Gasteiger partial charge in [0.15, 0.2) is 0 Å². The van der Waals surface area contributed by atoms with E-state index in [9.17, 15) is 4.79 Å². The van der Waals surface area contributed by atoms with E-state index in [1.54, 1.807) is 18.2 Å². The van der Waals surface area contributed by atoms with Crippen LogP contribution < -0.4 is 5.32 Å². The van der Waals surface area contributed by atoms with Crippen molar-refractivity contribution in [3.8, 4) is 0 Å². The van der Waals surface area contributed by atoms with Crippen LogP contribution in [0.25, 0.3) is 0 Å². The molecule has 1 aromatic rings. The van der Waals surface area contributed by atoms with Crippen molar-refractivity contribution in [2.75, 3.05) is 0 Å². The van der Waals surface area contributed by atoms with Crippen LogP contribution in [0.3, 0.4) is 0 Å². The number of hydrogen-bond acceptors (Lipinski definition) is 1. The van der Waals surface area contributed by atoms with Gasteiger partial charge in [-0.25, -0.2) is 0 Å². The molecule has 0 saturated heterocycles. The Morgan fingerprint density at radius 2 is 2.20 bits per heavy atom. The molecule has 0 spiro atoms. The summed E-state index contributed by atoms with van der Waals surface area (Å²) in [6.45, 7) is 2.12. The highest BCUT2D eigenvalue weighted by atomic mass is 79.9. The van der Waals surface area contributed by atoms with Gasteiger partial charge in [-0.05, 0) is 30.5 Å². The van der Waals surface area contributed by atoms with E-state index < -0.39 is 0 Å². The Kier molecular flexibility index (Phi) is 3.03. The van der Waals surface area contributed by atoms with Gasteiger partial charge in [-0.3, -0.25) is 4.79 Å². The van der Waals surface area contributed by atoms with Gasteiger partial charge in [0.25, 0.3) is 5.91 Å². The molecule has 15 heavy (non-hydrogen) atoms. The van der Waals surface area contributed by atoms with Crippen molar-refractivity contribution in [1.82, 2.24) is 5.32 Å². The maximum absolute atomic E-state index is 11.8. The third kappa shape index (κ3) is 2.73. The second kappa shape index (κ2) is 4.14. The van der Waals surface area contributed by atoms with E-state index in [-0.39, 0.29) is 5.91 Å². The van der Waals surface area contributed by atoms with Crippen LogP contribution in [0, 0.1) is 5.92 Å². The third-order valence-corrected chi connectivity index (χ3v) is 3.23. The van der Waals surface area contributed by atoms with Gasteiger partial charge in [0.1, 0.15) is 0 Å². The first kappa shape index (κ1) is 11.0. The van der Waals surface area contributed by atoms with Crippen LogP contribution in [-0.4, -0.2) is 11.9 Å². The van der Waals surface area contributed by atoms with Crippen LogP contribution in [0.1, 0.15) is 23.7 Å². The number of nitrogens with one attached hydrogen (secondary N) is 1. The van der Waals surface area contributed by atoms with Crippen LogP contribution in [0.15, 0.2) is 22.7 Å². The monoisotopic (exact) mass is 287 g/mol. The van der Waals surface area contributed by atoms with Crippen molar-refractivity contribution >= 4 is 33.4 Å². The minimum atomic E-state index is -0.0486. The van der Waals surface area contributed by atoms with Gasteiger partial charge in [0.05, 0.1) is 0 Å². The molecule has 2 unspecified atom stereocenters. The lowest BCUT2D eigenvalue weighted by Crippen LogP contribution is -2.26. The van der Waals surface area contributed by atoms with Gasteiger partial charge in [0, 0.05) is 21.1 Å². The maximum atomic E-state index is 11.8. The summed E-state index contributed by atoms with van der Waals surface area (Å²) in [7, 11) is 0. The molecule has 1 aliphatic carbocycles. The number of amides is 1. The molecule has 80 valence electrons. The zero-order valence-corrected chi connectivity index (χ0v) is 10.6. The topological polar surface area (TPSA) is 29.1 Å². The molecule has 1 amide bonds. The molecule has 4 heteroatoms. The smallest absolute Gasteiger partial charge is 0.251 e. The minimum absolute atomic E-state index is 0.0486. The molecule has 0 radical (unpaired) electrons. The summed E-state index contributed by atoms with van der Waals surface area (Å²) in [5.41, 5.74) is 0.605. The van der Waals surface area contributed by atoms with E-state index in [1.165, 1.54) is 0 Å². The highest BCUT2D eigenvalue weighted by Gasteiger charge is 2.33. The Morgan fingerprint density at radius 3 is 2.73 bits per heavy atom. The van der Waals surface area contributed by atoms with E-state index in [4.69, 9.17) is 11.6 Å². The molecule has 0 heterocycles. The number of carbonyl (C=O) groups excluding carboxylic acids is 1. The summed E-state index contributed by atoms with van der Waals surface area (Å²) in [4.78, 5) is 11.8. The zero-order valence-electron chi connectivity index (χ0n) is 8.26. The Bertz CT molecular complexity index is 387. The fourth-order valence-corrected chi connectivity index (χ4v) is 2.32. The summed E-state index contributed by atoms with van der Waals surface area (Å²) in [5, 5.41) is 3.52. The fourth-order valence-electron chi connectivity index (χ4n) is 1.46. The van der Waals surface area contributed by atoms with Gasteiger partial charge in [-0.15, -0.1) is 0 Å². The molecular formula is C11H11BrClNO. The number of halogens is 2. The van der Waals surface area contributed by atoms with Gasteiger partial charge in [-0.2, -0.15) is 0 Å². The molecule has 0 aliphatic heterocycles. The highest BCUT2D eigenvalue weighted by molar-refractivity contribution is 9.10. The van der Waals surface area contributed by atoms with Crippen LogP contribution in [-0.2, 0) is 0 Å². The fraction of sp³-hybridized carbons (Fsp3) is 0.364. The molecule has 2 rings (SSSR count). The van der Waals surface area contributed by atoms with Crippen molar-refractivity contribution in [2.24, 2.45) is 5.92 Å². The van der Waals surface area contributed by atoms with Crippen molar-refractivity contribution in [1.29, 1.82) is 0 Å². The molecule has 2 nitrogen and oxygen atoms in total. The Morgan fingerprint density at radius 1 is 1.53 bits per heavy atom. The number of benzene rings is 1. The summed E-state index contributed by atoms with van der Waals surface area (Å²) in [6.07, 6.45) is 1.08. The predicted octanol–water partition coefficient (Wildman–Crippen LogP) is 3.24. The first-order chi connectivity index (χ1) is 7.06. The van der Waals surface area contributed by atoms with E-state index in [0.29, 0.717) is 22.5 Å². The van der Waals surface area contributed by atoms with Gasteiger partial charge >= 0.3 is 0 Å². The normalized spacial score (nSPS) is 23.7. The highest BCUT2D eigenvalue weighted by Crippen LogP contribution is 2.29. The molecule has 1 saturated carbocycles. The lowest BCUT2D eigenvalue weighted by molar-refractivity contribution is 0.0949.